The second-order valence-corrected chi connectivity index (χ2v) is 6.84. The van der Waals surface area contributed by atoms with Gasteiger partial charge in [-0.1, -0.05) is 24.3 Å². The van der Waals surface area contributed by atoms with Crippen molar-refractivity contribution in [1.82, 2.24) is 10.3 Å². The molecule has 0 atom stereocenters. The van der Waals surface area contributed by atoms with E-state index >= 15 is 0 Å². The molecule has 3 rings (SSSR count). The average molecular weight is 389 g/mol. The van der Waals surface area contributed by atoms with E-state index in [9.17, 15) is 4.79 Å². The Hall–Kier alpha value is -3.34. The van der Waals surface area contributed by atoms with Gasteiger partial charge in [0.1, 0.15) is 11.6 Å². The van der Waals surface area contributed by atoms with Crippen LogP contribution in [-0.2, 0) is 6.42 Å². The number of aryl methyl sites for hydroxylation is 1. The zero-order chi connectivity index (χ0) is 20.6. The molecule has 0 aliphatic carbocycles. The maximum absolute atomic E-state index is 12.6. The van der Waals surface area contributed by atoms with E-state index in [2.05, 4.69) is 47.2 Å². The molecule has 2 aromatic carbocycles. The van der Waals surface area contributed by atoms with Crippen LogP contribution in [0, 0.1) is 6.92 Å². The first-order valence-electron chi connectivity index (χ1n) is 9.82. The summed E-state index contributed by atoms with van der Waals surface area (Å²) in [5.74, 6) is 1.48. The van der Waals surface area contributed by atoms with Gasteiger partial charge in [-0.3, -0.25) is 4.79 Å². The Balaban J connectivity index is 1.67. The monoisotopic (exact) mass is 389 g/mol. The van der Waals surface area contributed by atoms with E-state index in [1.807, 2.05) is 36.4 Å². The van der Waals surface area contributed by atoms with Crippen LogP contribution in [0.1, 0.15) is 28.4 Å². The number of amides is 1. The molecule has 29 heavy (non-hydrogen) atoms. The molecule has 5 heteroatoms. The lowest BCUT2D eigenvalue weighted by Crippen LogP contribution is -2.26. The summed E-state index contributed by atoms with van der Waals surface area (Å²) in [7, 11) is 1.65. The number of nitrogens with one attached hydrogen (secondary N) is 1. The van der Waals surface area contributed by atoms with Crippen LogP contribution < -0.4 is 15.0 Å². The van der Waals surface area contributed by atoms with Crippen molar-refractivity contribution in [2.45, 2.75) is 20.3 Å². The fourth-order valence-electron chi connectivity index (χ4n) is 3.23. The zero-order valence-corrected chi connectivity index (χ0v) is 17.2. The van der Waals surface area contributed by atoms with E-state index in [0.717, 1.165) is 35.8 Å². The minimum atomic E-state index is -0.100. The highest BCUT2D eigenvalue weighted by Gasteiger charge is 2.12. The minimum Gasteiger partial charge on any atom is -0.497 e. The van der Waals surface area contributed by atoms with Gasteiger partial charge in [-0.2, -0.15) is 0 Å². The van der Waals surface area contributed by atoms with E-state index < -0.39 is 0 Å². The van der Waals surface area contributed by atoms with E-state index in [1.54, 1.807) is 19.4 Å². The number of hydrogen-bond acceptors (Lipinski definition) is 4. The summed E-state index contributed by atoms with van der Waals surface area (Å²) in [6.45, 7) is 5.46. The molecule has 1 heterocycles. The van der Waals surface area contributed by atoms with Gasteiger partial charge in [-0.25, -0.2) is 4.98 Å². The molecule has 0 aliphatic rings. The molecule has 3 aromatic rings. The summed E-state index contributed by atoms with van der Waals surface area (Å²) < 4.78 is 5.24. The van der Waals surface area contributed by atoms with Crippen molar-refractivity contribution in [1.29, 1.82) is 0 Å². The third kappa shape index (κ3) is 5.35. The Morgan fingerprint density at radius 3 is 2.69 bits per heavy atom. The van der Waals surface area contributed by atoms with Crippen LogP contribution in [0.15, 0.2) is 66.9 Å². The van der Waals surface area contributed by atoms with Gasteiger partial charge in [0.15, 0.2) is 0 Å². The Bertz CT molecular complexity index is 972. The van der Waals surface area contributed by atoms with Gasteiger partial charge in [-0.15, -0.1) is 0 Å². The van der Waals surface area contributed by atoms with Crippen LogP contribution in [-0.4, -0.2) is 31.1 Å². The molecule has 0 radical (unpaired) electrons. The van der Waals surface area contributed by atoms with Gasteiger partial charge < -0.3 is 15.0 Å². The topological polar surface area (TPSA) is 54.5 Å². The normalized spacial score (nSPS) is 10.4. The Kier molecular flexibility index (Phi) is 6.85. The number of pyridine rings is 1. The van der Waals surface area contributed by atoms with Crippen LogP contribution in [0.5, 0.6) is 5.75 Å². The average Bonchev–Trinajstić information content (AvgIpc) is 2.75. The number of benzene rings is 2. The van der Waals surface area contributed by atoms with Crippen LogP contribution in [0.3, 0.4) is 0 Å². The van der Waals surface area contributed by atoms with Crippen molar-refractivity contribution in [3.63, 3.8) is 0 Å². The molecule has 0 saturated carbocycles. The molecule has 1 amide bonds. The highest BCUT2D eigenvalue weighted by Crippen LogP contribution is 2.24. The van der Waals surface area contributed by atoms with Crippen LogP contribution in [0.4, 0.5) is 11.5 Å². The summed E-state index contributed by atoms with van der Waals surface area (Å²) in [5, 5.41) is 2.99. The maximum atomic E-state index is 12.6. The molecule has 0 spiro atoms. The first-order valence-corrected chi connectivity index (χ1v) is 9.82. The molecule has 0 saturated heterocycles. The molecule has 5 nitrogen and oxygen atoms in total. The molecular formula is C24H27N3O2. The number of anilines is 2. The molecule has 0 aliphatic heterocycles. The third-order valence-corrected chi connectivity index (χ3v) is 4.75. The van der Waals surface area contributed by atoms with Gasteiger partial charge in [0.05, 0.1) is 7.11 Å². The molecule has 1 aromatic heterocycles. The molecule has 0 fully saturated rings. The second kappa shape index (κ2) is 9.73. The predicted molar refractivity (Wildman–Crippen MR) is 117 cm³/mol. The van der Waals surface area contributed by atoms with Crippen LogP contribution >= 0.6 is 0 Å². The van der Waals surface area contributed by atoms with E-state index in [4.69, 9.17) is 4.74 Å². The minimum absolute atomic E-state index is 0.100. The number of carbonyl (C=O) groups excluding carboxylic acids is 1. The first-order chi connectivity index (χ1) is 14.1. The van der Waals surface area contributed by atoms with E-state index in [-0.39, 0.29) is 5.91 Å². The fourth-order valence-corrected chi connectivity index (χ4v) is 3.23. The quantitative estimate of drug-likeness (QED) is 0.615. The van der Waals surface area contributed by atoms with Crippen LogP contribution in [0.2, 0.25) is 0 Å². The third-order valence-electron chi connectivity index (χ3n) is 4.75. The van der Waals surface area contributed by atoms with Crippen molar-refractivity contribution in [3.05, 3.63) is 83.6 Å². The predicted octanol–water partition coefficient (Wildman–Crippen LogP) is 4.53. The second-order valence-electron chi connectivity index (χ2n) is 6.84. The lowest BCUT2D eigenvalue weighted by Gasteiger charge is -2.23. The molecule has 0 unspecified atom stereocenters. The highest BCUT2D eigenvalue weighted by atomic mass is 16.5. The SMILES string of the molecule is CCN(c1cccc(C)c1)c1cc(C(=O)NCCc2cccc(OC)c2)ccn1. The van der Waals surface area contributed by atoms with Gasteiger partial charge >= 0.3 is 0 Å². The smallest absolute Gasteiger partial charge is 0.251 e. The molecule has 0 bridgehead atoms. The summed E-state index contributed by atoms with van der Waals surface area (Å²) >= 11 is 0. The highest BCUT2D eigenvalue weighted by molar-refractivity contribution is 5.95. The van der Waals surface area contributed by atoms with Crippen molar-refractivity contribution in [2.24, 2.45) is 0 Å². The van der Waals surface area contributed by atoms with Gasteiger partial charge in [-0.05, 0) is 67.8 Å². The van der Waals surface area contributed by atoms with Gasteiger partial charge in [0.2, 0.25) is 0 Å². The van der Waals surface area contributed by atoms with Crippen molar-refractivity contribution < 1.29 is 9.53 Å². The van der Waals surface area contributed by atoms with Gasteiger partial charge in [0.25, 0.3) is 5.91 Å². The Morgan fingerprint density at radius 1 is 1.10 bits per heavy atom. The summed E-state index contributed by atoms with van der Waals surface area (Å²) in [6.07, 6.45) is 2.43. The van der Waals surface area contributed by atoms with Gasteiger partial charge in [0, 0.05) is 30.5 Å². The fraction of sp³-hybridized carbons (Fsp3) is 0.250. The number of rotatable bonds is 8. The van der Waals surface area contributed by atoms with E-state index in [1.165, 1.54) is 5.56 Å². The first kappa shape index (κ1) is 20.4. The standard InChI is InChI=1S/C24H27N3O2/c1-4-27(21-9-5-7-18(2)15-21)23-17-20(12-14-25-23)24(28)26-13-11-19-8-6-10-22(16-19)29-3/h5-10,12,14-17H,4,11,13H2,1-3H3,(H,26,28). The Labute approximate surface area is 172 Å². The number of nitrogens with zero attached hydrogens (tertiary/aromatic N) is 2. The van der Waals surface area contributed by atoms with Crippen molar-refractivity contribution in [3.8, 4) is 5.75 Å². The van der Waals surface area contributed by atoms with Crippen molar-refractivity contribution in [2.75, 3.05) is 25.1 Å². The number of hydrogen-bond donors (Lipinski definition) is 1. The molecule has 1 N–H and O–H groups in total. The number of aromatic nitrogens is 1. The summed E-state index contributed by atoms with van der Waals surface area (Å²) in [5.41, 5.74) is 3.98. The largest absolute Gasteiger partial charge is 0.497 e. The summed E-state index contributed by atoms with van der Waals surface area (Å²) in [6, 6.07) is 19.7. The zero-order valence-electron chi connectivity index (χ0n) is 17.2. The summed E-state index contributed by atoms with van der Waals surface area (Å²) in [4.78, 5) is 19.2. The Morgan fingerprint density at radius 2 is 1.93 bits per heavy atom. The number of carbonyl (C=O) groups is 1. The number of methoxy groups -OCH3 is 1. The molecular weight excluding hydrogens is 362 g/mol. The lowest BCUT2D eigenvalue weighted by atomic mass is 10.1. The van der Waals surface area contributed by atoms with Crippen LogP contribution in [0.25, 0.3) is 0 Å². The molecule has 150 valence electrons. The lowest BCUT2D eigenvalue weighted by molar-refractivity contribution is 0.0954. The number of ether oxygens (including phenoxy) is 1. The maximum Gasteiger partial charge on any atom is 0.251 e. The van der Waals surface area contributed by atoms with Crippen molar-refractivity contribution >= 4 is 17.4 Å². The van der Waals surface area contributed by atoms with E-state index in [0.29, 0.717) is 12.1 Å².